The van der Waals surface area contributed by atoms with Crippen LogP contribution < -0.4 is 16.2 Å². The van der Waals surface area contributed by atoms with Crippen LogP contribution in [0.1, 0.15) is 18.0 Å². The molecule has 1 atom stereocenters. The Morgan fingerprint density at radius 1 is 1.28 bits per heavy atom. The maximum absolute atomic E-state index is 12.7. The molecule has 0 saturated heterocycles. The molecule has 1 rings (SSSR count). The lowest BCUT2D eigenvalue weighted by Gasteiger charge is -2.18. The Morgan fingerprint density at radius 3 is 2.50 bits per heavy atom. The van der Waals surface area contributed by atoms with Crippen LogP contribution in [0.4, 0.5) is 17.6 Å². The molecule has 0 fully saturated rings. The van der Waals surface area contributed by atoms with Gasteiger partial charge in [0, 0.05) is 6.04 Å². The summed E-state index contributed by atoms with van der Waals surface area (Å²) in [6, 6.07) is 4.92. The normalized spacial score (nSPS) is 13.7. The molecule has 0 aliphatic carbocycles. The van der Waals surface area contributed by atoms with Crippen LogP contribution in [0.3, 0.4) is 0 Å². The van der Waals surface area contributed by atoms with Gasteiger partial charge in [-0.2, -0.15) is 17.6 Å². The number of hydrogen-bond donors (Lipinski definition) is 2. The van der Waals surface area contributed by atoms with Crippen LogP contribution in [0, 0.1) is 0 Å². The molecule has 0 aliphatic rings. The van der Waals surface area contributed by atoms with Gasteiger partial charge in [0.15, 0.2) is 0 Å². The lowest BCUT2D eigenvalue weighted by molar-refractivity contribution is -0.253. The quantitative estimate of drug-likeness (QED) is 0.776. The molecular formula is C11H14F4N2O. The molecular weight excluding hydrogens is 252 g/mol. The van der Waals surface area contributed by atoms with E-state index in [0.29, 0.717) is 18.5 Å². The smallest absolute Gasteiger partial charge is 0.428 e. The van der Waals surface area contributed by atoms with Gasteiger partial charge in [-0.1, -0.05) is 12.1 Å². The molecule has 4 N–H and O–H groups in total. The van der Waals surface area contributed by atoms with E-state index in [1.54, 1.807) is 6.07 Å². The minimum Gasteiger partial charge on any atom is -0.428 e. The Kier molecular flexibility index (Phi) is 4.92. The average molecular weight is 266 g/mol. The number of nitrogens with two attached hydrogens (primary N) is 2. The SMILES string of the molecule is NCC[C@@H](N)c1cccc(OC(F)(F)C(F)F)c1. The summed E-state index contributed by atoms with van der Waals surface area (Å²) in [5.41, 5.74) is 11.5. The largest absolute Gasteiger partial charge is 0.461 e. The summed E-state index contributed by atoms with van der Waals surface area (Å²) in [5.74, 6) is -0.356. The zero-order valence-electron chi connectivity index (χ0n) is 9.45. The molecule has 0 aliphatic heterocycles. The molecule has 0 unspecified atom stereocenters. The highest BCUT2D eigenvalue weighted by molar-refractivity contribution is 5.30. The summed E-state index contributed by atoms with van der Waals surface area (Å²) in [7, 11) is 0. The fraction of sp³-hybridized carbons (Fsp3) is 0.455. The van der Waals surface area contributed by atoms with Crippen molar-refractivity contribution in [2.75, 3.05) is 6.54 Å². The highest BCUT2D eigenvalue weighted by atomic mass is 19.3. The van der Waals surface area contributed by atoms with E-state index in [1.165, 1.54) is 12.1 Å². The van der Waals surface area contributed by atoms with Gasteiger partial charge in [-0.3, -0.25) is 0 Å². The summed E-state index contributed by atoms with van der Waals surface area (Å²) in [4.78, 5) is 0. The van der Waals surface area contributed by atoms with E-state index in [-0.39, 0.29) is 5.75 Å². The minimum atomic E-state index is -4.52. The zero-order chi connectivity index (χ0) is 13.8. The lowest BCUT2D eigenvalue weighted by atomic mass is 10.0. The standard InChI is InChI=1S/C11H14F4N2O/c12-10(13)11(14,15)18-8-3-1-2-7(6-8)9(17)4-5-16/h1-3,6,9-10H,4-5,16-17H2/t9-/m1/s1. The maximum atomic E-state index is 12.7. The molecule has 7 heteroatoms. The predicted octanol–water partition coefficient (Wildman–Crippen LogP) is 2.27. The van der Waals surface area contributed by atoms with Crippen LogP contribution >= 0.6 is 0 Å². The van der Waals surface area contributed by atoms with Crippen molar-refractivity contribution in [2.24, 2.45) is 11.5 Å². The molecule has 0 bridgehead atoms. The fourth-order valence-electron chi connectivity index (χ4n) is 1.36. The van der Waals surface area contributed by atoms with Gasteiger partial charge in [-0.25, -0.2) is 0 Å². The van der Waals surface area contributed by atoms with Crippen molar-refractivity contribution in [3.05, 3.63) is 29.8 Å². The third kappa shape index (κ3) is 3.85. The zero-order valence-corrected chi connectivity index (χ0v) is 9.45. The van der Waals surface area contributed by atoms with E-state index < -0.39 is 18.6 Å². The molecule has 0 saturated carbocycles. The Balaban J connectivity index is 2.82. The van der Waals surface area contributed by atoms with E-state index in [0.717, 1.165) is 6.07 Å². The molecule has 1 aromatic carbocycles. The number of rotatable bonds is 6. The Morgan fingerprint density at radius 2 is 1.94 bits per heavy atom. The number of hydrogen-bond acceptors (Lipinski definition) is 3. The van der Waals surface area contributed by atoms with Gasteiger partial charge in [0.05, 0.1) is 0 Å². The van der Waals surface area contributed by atoms with Crippen molar-refractivity contribution >= 4 is 0 Å². The van der Waals surface area contributed by atoms with Crippen molar-refractivity contribution in [1.82, 2.24) is 0 Å². The Labute approximate surface area is 102 Å². The van der Waals surface area contributed by atoms with Crippen molar-refractivity contribution in [3.8, 4) is 5.75 Å². The average Bonchev–Trinajstić information content (AvgIpc) is 2.29. The monoisotopic (exact) mass is 266 g/mol. The molecule has 0 spiro atoms. The third-order valence-corrected chi connectivity index (χ3v) is 2.27. The van der Waals surface area contributed by atoms with Crippen molar-refractivity contribution in [3.63, 3.8) is 0 Å². The van der Waals surface area contributed by atoms with E-state index in [4.69, 9.17) is 11.5 Å². The molecule has 1 aromatic rings. The third-order valence-electron chi connectivity index (χ3n) is 2.27. The molecule has 102 valence electrons. The summed E-state index contributed by atoms with van der Waals surface area (Å²) in [6.07, 6.45) is -7.95. The van der Waals surface area contributed by atoms with Gasteiger partial charge >= 0.3 is 12.5 Å². The first kappa shape index (κ1) is 14.7. The molecule has 0 radical (unpaired) electrons. The van der Waals surface area contributed by atoms with Crippen LogP contribution in [0.15, 0.2) is 24.3 Å². The van der Waals surface area contributed by atoms with Gasteiger partial charge in [0.1, 0.15) is 5.75 Å². The van der Waals surface area contributed by atoms with Crippen molar-refractivity contribution in [2.45, 2.75) is 25.0 Å². The minimum absolute atomic E-state index is 0.333. The second kappa shape index (κ2) is 6.01. The molecule has 0 aromatic heterocycles. The number of ether oxygens (including phenoxy) is 1. The second-order valence-corrected chi connectivity index (χ2v) is 3.72. The van der Waals surface area contributed by atoms with Crippen LogP contribution in [-0.4, -0.2) is 19.1 Å². The van der Waals surface area contributed by atoms with Crippen molar-refractivity contribution in [1.29, 1.82) is 0 Å². The first-order valence-corrected chi connectivity index (χ1v) is 5.27. The van der Waals surface area contributed by atoms with Gasteiger partial charge in [0.25, 0.3) is 0 Å². The number of halogens is 4. The summed E-state index contributed by atoms with van der Waals surface area (Å²) in [6.45, 7) is 0.333. The Bertz CT molecular complexity index is 387. The molecule has 18 heavy (non-hydrogen) atoms. The predicted molar refractivity (Wildman–Crippen MR) is 58.6 cm³/mol. The van der Waals surface area contributed by atoms with E-state index in [9.17, 15) is 17.6 Å². The number of benzene rings is 1. The van der Waals surface area contributed by atoms with Crippen LogP contribution in [0.5, 0.6) is 5.75 Å². The highest BCUT2D eigenvalue weighted by Crippen LogP contribution is 2.29. The summed E-state index contributed by atoms with van der Waals surface area (Å²) in [5, 5.41) is 0. The van der Waals surface area contributed by atoms with Crippen molar-refractivity contribution < 1.29 is 22.3 Å². The second-order valence-electron chi connectivity index (χ2n) is 3.72. The van der Waals surface area contributed by atoms with Crippen LogP contribution in [-0.2, 0) is 0 Å². The van der Waals surface area contributed by atoms with Crippen LogP contribution in [0.2, 0.25) is 0 Å². The Hall–Kier alpha value is -1.34. The fourth-order valence-corrected chi connectivity index (χ4v) is 1.36. The van der Waals surface area contributed by atoms with Gasteiger partial charge in [0.2, 0.25) is 0 Å². The van der Waals surface area contributed by atoms with Gasteiger partial charge in [-0.05, 0) is 30.7 Å². The first-order chi connectivity index (χ1) is 8.36. The van der Waals surface area contributed by atoms with E-state index in [1.807, 2.05) is 0 Å². The maximum Gasteiger partial charge on any atom is 0.461 e. The number of alkyl halides is 4. The first-order valence-electron chi connectivity index (χ1n) is 5.27. The van der Waals surface area contributed by atoms with E-state index >= 15 is 0 Å². The molecule has 0 heterocycles. The van der Waals surface area contributed by atoms with Gasteiger partial charge < -0.3 is 16.2 Å². The lowest BCUT2D eigenvalue weighted by Crippen LogP contribution is -2.33. The van der Waals surface area contributed by atoms with Crippen LogP contribution in [0.25, 0.3) is 0 Å². The topological polar surface area (TPSA) is 61.3 Å². The highest BCUT2D eigenvalue weighted by Gasteiger charge is 2.43. The van der Waals surface area contributed by atoms with E-state index in [2.05, 4.69) is 4.74 Å². The summed E-state index contributed by atoms with van der Waals surface area (Å²) < 4.78 is 53.3. The molecule has 0 amide bonds. The van der Waals surface area contributed by atoms with Gasteiger partial charge in [-0.15, -0.1) is 0 Å². The summed E-state index contributed by atoms with van der Waals surface area (Å²) >= 11 is 0. The molecule has 3 nitrogen and oxygen atoms in total.